The number of hydrogen-bond acceptors (Lipinski definition) is 1. The number of fused-ring (bicyclic) bond motifs is 2. The molecule has 3 atom stereocenters. The van der Waals surface area contributed by atoms with Crippen LogP contribution in [-0.2, 0) is 6.54 Å². The lowest BCUT2D eigenvalue weighted by Crippen LogP contribution is -2.49. The van der Waals surface area contributed by atoms with E-state index < -0.39 is 0 Å². The first-order valence-corrected chi connectivity index (χ1v) is 7.78. The summed E-state index contributed by atoms with van der Waals surface area (Å²) in [6.45, 7) is 8.22. The molecule has 2 bridgehead atoms. The Morgan fingerprint density at radius 1 is 1.26 bits per heavy atom. The van der Waals surface area contributed by atoms with Crippen LogP contribution in [0.25, 0.3) is 0 Å². The third-order valence-electron chi connectivity index (χ3n) is 5.72. The Morgan fingerprint density at radius 2 is 2.00 bits per heavy atom. The van der Waals surface area contributed by atoms with Gasteiger partial charge in [-0.25, -0.2) is 0 Å². The number of nitrogens with one attached hydrogen (secondary N) is 1. The normalized spacial score (nSPS) is 35.8. The highest BCUT2D eigenvalue weighted by Gasteiger charge is 2.58. The van der Waals surface area contributed by atoms with E-state index in [9.17, 15) is 0 Å². The second kappa shape index (κ2) is 4.49. The van der Waals surface area contributed by atoms with Crippen molar-refractivity contribution in [3.05, 3.63) is 34.9 Å². The summed E-state index contributed by atoms with van der Waals surface area (Å²) in [7, 11) is 0. The van der Waals surface area contributed by atoms with Crippen molar-refractivity contribution in [2.45, 2.75) is 52.6 Å². The fourth-order valence-electron chi connectivity index (χ4n) is 4.67. The Bertz CT molecular complexity index is 477. The predicted octanol–water partition coefficient (Wildman–Crippen LogP) is 4.64. The Labute approximate surface area is 121 Å². The average Bonchev–Trinajstić information content (AvgIpc) is 2.82. The SMILES string of the molecule is CC1(C)C(NCc2ccccc2Cl)[C@]2(C)CC[C@H]1C2. The van der Waals surface area contributed by atoms with Crippen molar-refractivity contribution < 1.29 is 0 Å². The molecule has 0 aromatic heterocycles. The van der Waals surface area contributed by atoms with Crippen LogP contribution >= 0.6 is 11.6 Å². The van der Waals surface area contributed by atoms with Crippen molar-refractivity contribution in [1.29, 1.82) is 0 Å². The van der Waals surface area contributed by atoms with Gasteiger partial charge >= 0.3 is 0 Å². The van der Waals surface area contributed by atoms with Crippen molar-refractivity contribution in [2.24, 2.45) is 16.7 Å². The molecular formula is C17H24ClN. The van der Waals surface area contributed by atoms with Crippen molar-refractivity contribution in [3.8, 4) is 0 Å². The molecule has 1 unspecified atom stereocenters. The number of benzene rings is 1. The molecule has 0 amide bonds. The van der Waals surface area contributed by atoms with Gasteiger partial charge in [-0.3, -0.25) is 0 Å². The van der Waals surface area contributed by atoms with Gasteiger partial charge in [0.15, 0.2) is 0 Å². The zero-order chi connectivity index (χ0) is 13.7. The smallest absolute Gasteiger partial charge is 0.0450 e. The summed E-state index contributed by atoms with van der Waals surface area (Å²) in [5.41, 5.74) is 2.11. The quantitative estimate of drug-likeness (QED) is 0.848. The summed E-state index contributed by atoms with van der Waals surface area (Å²) < 4.78 is 0. The Hall–Kier alpha value is -0.530. The molecule has 2 heteroatoms. The molecule has 0 radical (unpaired) electrons. The fourth-order valence-corrected chi connectivity index (χ4v) is 4.87. The van der Waals surface area contributed by atoms with Crippen molar-refractivity contribution >= 4 is 11.6 Å². The maximum Gasteiger partial charge on any atom is 0.0450 e. The predicted molar refractivity (Wildman–Crippen MR) is 81.3 cm³/mol. The van der Waals surface area contributed by atoms with Crippen LogP contribution in [0.2, 0.25) is 5.02 Å². The summed E-state index contributed by atoms with van der Waals surface area (Å²) in [4.78, 5) is 0. The van der Waals surface area contributed by atoms with E-state index in [1.165, 1.54) is 24.8 Å². The van der Waals surface area contributed by atoms with Crippen LogP contribution in [-0.4, -0.2) is 6.04 Å². The molecule has 104 valence electrons. The molecule has 2 saturated carbocycles. The summed E-state index contributed by atoms with van der Waals surface area (Å²) >= 11 is 6.25. The van der Waals surface area contributed by atoms with Gasteiger partial charge in [0.25, 0.3) is 0 Å². The van der Waals surface area contributed by atoms with Crippen LogP contribution in [0.1, 0.15) is 45.6 Å². The van der Waals surface area contributed by atoms with E-state index in [-0.39, 0.29) is 0 Å². The molecule has 0 heterocycles. The zero-order valence-corrected chi connectivity index (χ0v) is 12.9. The van der Waals surface area contributed by atoms with Crippen LogP contribution < -0.4 is 5.32 Å². The molecule has 2 aliphatic rings. The van der Waals surface area contributed by atoms with Gasteiger partial charge in [-0.2, -0.15) is 0 Å². The van der Waals surface area contributed by atoms with Crippen molar-refractivity contribution in [2.75, 3.05) is 0 Å². The molecule has 1 N–H and O–H groups in total. The van der Waals surface area contributed by atoms with Gasteiger partial charge < -0.3 is 5.32 Å². The van der Waals surface area contributed by atoms with E-state index in [1.54, 1.807) is 0 Å². The fraction of sp³-hybridized carbons (Fsp3) is 0.647. The van der Waals surface area contributed by atoms with E-state index in [2.05, 4.69) is 38.2 Å². The minimum absolute atomic E-state index is 0.411. The van der Waals surface area contributed by atoms with E-state index in [0.717, 1.165) is 17.5 Å². The van der Waals surface area contributed by atoms with E-state index in [0.29, 0.717) is 16.9 Å². The third kappa shape index (κ3) is 2.11. The monoisotopic (exact) mass is 277 g/mol. The maximum atomic E-state index is 6.25. The molecule has 3 rings (SSSR count). The zero-order valence-electron chi connectivity index (χ0n) is 12.2. The molecule has 19 heavy (non-hydrogen) atoms. The molecule has 1 aromatic rings. The first kappa shape index (κ1) is 13.5. The highest BCUT2D eigenvalue weighted by Crippen LogP contribution is 2.62. The van der Waals surface area contributed by atoms with Crippen molar-refractivity contribution in [3.63, 3.8) is 0 Å². The van der Waals surface area contributed by atoms with E-state index in [4.69, 9.17) is 11.6 Å². The minimum Gasteiger partial charge on any atom is -0.309 e. The van der Waals surface area contributed by atoms with Crippen LogP contribution in [0, 0.1) is 16.7 Å². The van der Waals surface area contributed by atoms with Gasteiger partial charge in [-0.15, -0.1) is 0 Å². The van der Waals surface area contributed by atoms with Crippen LogP contribution in [0.4, 0.5) is 0 Å². The van der Waals surface area contributed by atoms with Gasteiger partial charge in [0.1, 0.15) is 0 Å². The van der Waals surface area contributed by atoms with Gasteiger partial charge in [0, 0.05) is 17.6 Å². The minimum atomic E-state index is 0.411. The second-order valence-corrected chi connectivity index (χ2v) is 7.73. The van der Waals surface area contributed by atoms with Gasteiger partial charge in [0.05, 0.1) is 0 Å². The van der Waals surface area contributed by atoms with Gasteiger partial charge in [-0.05, 0) is 47.6 Å². The second-order valence-electron chi connectivity index (χ2n) is 7.32. The first-order chi connectivity index (χ1) is 8.93. The average molecular weight is 278 g/mol. The van der Waals surface area contributed by atoms with Crippen LogP contribution in [0.3, 0.4) is 0 Å². The Morgan fingerprint density at radius 3 is 2.63 bits per heavy atom. The topological polar surface area (TPSA) is 12.0 Å². The van der Waals surface area contributed by atoms with Crippen molar-refractivity contribution in [1.82, 2.24) is 5.32 Å². The molecule has 2 aliphatic carbocycles. The molecular weight excluding hydrogens is 254 g/mol. The standard InChI is InChI=1S/C17H24ClN/c1-16(2)13-8-9-17(3,10-13)15(16)19-11-12-6-4-5-7-14(12)18/h4-7,13,15,19H,8-11H2,1-3H3/t13-,15?,17+/m0/s1. The molecule has 1 nitrogen and oxygen atoms in total. The summed E-state index contributed by atoms with van der Waals surface area (Å²) in [5, 5.41) is 4.69. The Kier molecular flexibility index (Phi) is 3.18. The Balaban J connectivity index is 1.75. The lowest BCUT2D eigenvalue weighted by atomic mass is 9.68. The molecule has 2 fully saturated rings. The summed E-state index contributed by atoms with van der Waals surface area (Å²) in [6.07, 6.45) is 4.18. The van der Waals surface area contributed by atoms with Gasteiger partial charge in [0.2, 0.25) is 0 Å². The lowest BCUT2D eigenvalue weighted by molar-refractivity contribution is 0.108. The number of hydrogen-bond donors (Lipinski definition) is 1. The summed E-state index contributed by atoms with van der Waals surface area (Å²) in [6, 6.07) is 8.77. The van der Waals surface area contributed by atoms with Crippen LogP contribution in [0.15, 0.2) is 24.3 Å². The molecule has 0 aliphatic heterocycles. The molecule has 0 saturated heterocycles. The number of halogens is 1. The van der Waals surface area contributed by atoms with E-state index in [1.807, 2.05) is 12.1 Å². The highest BCUT2D eigenvalue weighted by molar-refractivity contribution is 6.31. The third-order valence-corrected chi connectivity index (χ3v) is 6.09. The first-order valence-electron chi connectivity index (χ1n) is 7.40. The number of rotatable bonds is 3. The van der Waals surface area contributed by atoms with Crippen LogP contribution in [0.5, 0.6) is 0 Å². The molecule has 1 aromatic carbocycles. The highest BCUT2D eigenvalue weighted by atomic mass is 35.5. The largest absolute Gasteiger partial charge is 0.309 e. The maximum absolute atomic E-state index is 6.25. The summed E-state index contributed by atoms with van der Waals surface area (Å²) in [5.74, 6) is 0.890. The van der Waals surface area contributed by atoms with E-state index >= 15 is 0 Å². The molecule has 0 spiro atoms. The lowest BCUT2D eigenvalue weighted by Gasteiger charge is -2.43. The van der Waals surface area contributed by atoms with Gasteiger partial charge in [-0.1, -0.05) is 50.6 Å².